The Balaban J connectivity index is 1.63. The maximum atomic E-state index is 12.3. The van der Waals surface area contributed by atoms with E-state index < -0.39 is 23.4 Å². The highest BCUT2D eigenvalue weighted by Gasteiger charge is 2.37. The van der Waals surface area contributed by atoms with Gasteiger partial charge in [-0.15, -0.1) is 0 Å². The SMILES string of the molecule is Cc1ccc(C(=O)COC(=O)[C@H]2CC(=O)N(c3ccc(C)c([N+](=O)[O-])c3)C2)cc1. The van der Waals surface area contributed by atoms with E-state index in [1.165, 1.54) is 11.0 Å². The fraction of sp³-hybridized carbons (Fsp3) is 0.286. The molecule has 3 rings (SSSR count). The number of hydrogen-bond acceptors (Lipinski definition) is 6. The van der Waals surface area contributed by atoms with Crippen LogP contribution >= 0.6 is 0 Å². The molecule has 0 saturated carbocycles. The molecule has 0 bridgehead atoms. The van der Waals surface area contributed by atoms with Crippen molar-refractivity contribution in [2.45, 2.75) is 20.3 Å². The summed E-state index contributed by atoms with van der Waals surface area (Å²) in [7, 11) is 0. The second kappa shape index (κ2) is 8.22. The number of carbonyl (C=O) groups is 3. The average molecular weight is 396 g/mol. The van der Waals surface area contributed by atoms with Crippen molar-refractivity contribution in [3.63, 3.8) is 0 Å². The Labute approximate surface area is 167 Å². The predicted octanol–water partition coefficient (Wildman–Crippen LogP) is 2.99. The lowest BCUT2D eigenvalue weighted by Gasteiger charge is -2.16. The number of anilines is 1. The minimum absolute atomic E-state index is 0.0522. The quantitative estimate of drug-likeness (QED) is 0.322. The van der Waals surface area contributed by atoms with E-state index in [0.29, 0.717) is 16.8 Å². The number of carbonyl (C=O) groups excluding carboxylic acids is 3. The molecule has 0 radical (unpaired) electrons. The van der Waals surface area contributed by atoms with Crippen molar-refractivity contribution in [1.29, 1.82) is 0 Å². The number of hydrogen-bond donors (Lipinski definition) is 0. The molecule has 1 heterocycles. The summed E-state index contributed by atoms with van der Waals surface area (Å²) in [4.78, 5) is 48.7. The third kappa shape index (κ3) is 4.48. The molecule has 8 nitrogen and oxygen atoms in total. The van der Waals surface area contributed by atoms with E-state index in [1.54, 1.807) is 43.3 Å². The van der Waals surface area contributed by atoms with Gasteiger partial charge in [0, 0.05) is 30.2 Å². The van der Waals surface area contributed by atoms with Crippen LogP contribution in [0.25, 0.3) is 0 Å². The van der Waals surface area contributed by atoms with Crippen LogP contribution in [0.5, 0.6) is 0 Å². The van der Waals surface area contributed by atoms with Crippen LogP contribution in [0.1, 0.15) is 27.9 Å². The van der Waals surface area contributed by atoms with E-state index >= 15 is 0 Å². The van der Waals surface area contributed by atoms with Crippen molar-refractivity contribution in [2.24, 2.45) is 5.92 Å². The van der Waals surface area contributed by atoms with Gasteiger partial charge in [0.2, 0.25) is 5.91 Å². The van der Waals surface area contributed by atoms with E-state index in [4.69, 9.17) is 4.74 Å². The van der Waals surface area contributed by atoms with Crippen molar-refractivity contribution in [1.82, 2.24) is 0 Å². The molecule has 8 heteroatoms. The number of benzene rings is 2. The highest BCUT2D eigenvalue weighted by Crippen LogP contribution is 2.30. The highest BCUT2D eigenvalue weighted by molar-refractivity contribution is 6.01. The van der Waals surface area contributed by atoms with Gasteiger partial charge in [-0.05, 0) is 19.9 Å². The molecule has 29 heavy (non-hydrogen) atoms. The molecule has 0 spiro atoms. The topological polar surface area (TPSA) is 107 Å². The molecule has 1 aliphatic heterocycles. The van der Waals surface area contributed by atoms with Gasteiger partial charge in [0.05, 0.1) is 16.5 Å². The van der Waals surface area contributed by atoms with Crippen LogP contribution in [-0.2, 0) is 14.3 Å². The predicted molar refractivity (Wildman–Crippen MR) is 105 cm³/mol. The Morgan fingerprint density at radius 3 is 2.52 bits per heavy atom. The standard InChI is InChI=1S/C21H20N2O6/c1-13-3-6-15(7-4-13)19(24)12-29-21(26)16-9-20(25)22(11-16)17-8-5-14(2)18(10-17)23(27)28/h3-8,10,16H,9,11-12H2,1-2H3/t16-/m0/s1. The summed E-state index contributed by atoms with van der Waals surface area (Å²) >= 11 is 0. The summed E-state index contributed by atoms with van der Waals surface area (Å²) in [5.74, 6) is -2.01. The largest absolute Gasteiger partial charge is 0.457 e. The number of ketones is 1. The van der Waals surface area contributed by atoms with Crippen LogP contribution in [-0.4, -0.2) is 35.7 Å². The Kier molecular flexibility index (Phi) is 5.72. The van der Waals surface area contributed by atoms with E-state index in [1.807, 2.05) is 6.92 Å². The van der Waals surface area contributed by atoms with Gasteiger partial charge in [-0.25, -0.2) is 0 Å². The number of esters is 1. The molecule has 2 aromatic rings. The van der Waals surface area contributed by atoms with E-state index in [-0.39, 0.29) is 30.3 Å². The molecule has 150 valence electrons. The van der Waals surface area contributed by atoms with Crippen molar-refractivity contribution in [2.75, 3.05) is 18.1 Å². The lowest BCUT2D eigenvalue weighted by molar-refractivity contribution is -0.385. The third-order valence-corrected chi connectivity index (χ3v) is 4.88. The van der Waals surface area contributed by atoms with Gasteiger partial charge in [0.25, 0.3) is 5.69 Å². The first-order valence-electron chi connectivity index (χ1n) is 9.08. The normalized spacial score (nSPS) is 16.0. The number of nitrogens with zero attached hydrogens (tertiary/aromatic N) is 2. The fourth-order valence-corrected chi connectivity index (χ4v) is 3.15. The van der Waals surface area contributed by atoms with Crippen LogP contribution in [0.15, 0.2) is 42.5 Å². The smallest absolute Gasteiger partial charge is 0.311 e. The minimum atomic E-state index is -0.728. The van der Waals surface area contributed by atoms with Gasteiger partial charge >= 0.3 is 5.97 Å². The Bertz CT molecular complexity index is 983. The number of nitro groups is 1. The van der Waals surface area contributed by atoms with E-state index in [2.05, 4.69) is 0 Å². The van der Waals surface area contributed by atoms with Gasteiger partial charge in [0.15, 0.2) is 12.4 Å². The molecular formula is C21H20N2O6. The molecule has 1 atom stereocenters. The van der Waals surface area contributed by atoms with Crippen LogP contribution in [0.4, 0.5) is 11.4 Å². The first-order valence-corrected chi connectivity index (χ1v) is 9.08. The summed E-state index contributed by atoms with van der Waals surface area (Å²) in [6, 6.07) is 11.4. The highest BCUT2D eigenvalue weighted by atomic mass is 16.6. The van der Waals surface area contributed by atoms with Crippen molar-refractivity contribution >= 4 is 29.0 Å². The molecule has 0 aromatic heterocycles. The monoisotopic (exact) mass is 396 g/mol. The summed E-state index contributed by atoms with van der Waals surface area (Å²) < 4.78 is 5.11. The van der Waals surface area contributed by atoms with Crippen LogP contribution in [0.2, 0.25) is 0 Å². The van der Waals surface area contributed by atoms with Gasteiger partial charge in [-0.3, -0.25) is 24.5 Å². The fourth-order valence-electron chi connectivity index (χ4n) is 3.15. The maximum absolute atomic E-state index is 12.3. The lowest BCUT2D eigenvalue weighted by atomic mass is 10.1. The molecule has 1 fully saturated rings. The molecule has 1 amide bonds. The summed E-state index contributed by atoms with van der Waals surface area (Å²) in [6.45, 7) is 3.16. The van der Waals surface area contributed by atoms with Crippen LogP contribution < -0.4 is 4.90 Å². The number of nitro benzene ring substituents is 1. The molecular weight excluding hydrogens is 376 g/mol. The Morgan fingerprint density at radius 2 is 1.86 bits per heavy atom. The number of amides is 1. The second-order valence-corrected chi connectivity index (χ2v) is 7.03. The number of ether oxygens (including phenoxy) is 1. The summed E-state index contributed by atoms with van der Waals surface area (Å²) in [6.07, 6.45) is -0.0702. The maximum Gasteiger partial charge on any atom is 0.311 e. The van der Waals surface area contributed by atoms with Gasteiger partial charge in [-0.1, -0.05) is 35.9 Å². The minimum Gasteiger partial charge on any atom is -0.457 e. The van der Waals surface area contributed by atoms with Crippen LogP contribution in [0.3, 0.4) is 0 Å². The van der Waals surface area contributed by atoms with E-state index in [0.717, 1.165) is 5.56 Å². The summed E-state index contributed by atoms with van der Waals surface area (Å²) in [5, 5.41) is 11.1. The van der Waals surface area contributed by atoms with Gasteiger partial charge in [-0.2, -0.15) is 0 Å². The van der Waals surface area contributed by atoms with Crippen LogP contribution in [0, 0.1) is 29.9 Å². The zero-order valence-electron chi connectivity index (χ0n) is 16.1. The van der Waals surface area contributed by atoms with Gasteiger partial charge < -0.3 is 9.64 Å². The lowest BCUT2D eigenvalue weighted by Crippen LogP contribution is -2.27. The molecule has 2 aromatic carbocycles. The number of Topliss-reactive ketones (excluding diaryl/α,β-unsaturated/α-hetero) is 1. The summed E-state index contributed by atoms with van der Waals surface area (Å²) in [5.41, 5.74) is 2.21. The number of rotatable bonds is 6. The van der Waals surface area contributed by atoms with E-state index in [9.17, 15) is 24.5 Å². The molecule has 0 N–H and O–H groups in total. The molecule has 1 aliphatic rings. The van der Waals surface area contributed by atoms with Crippen molar-refractivity contribution < 1.29 is 24.0 Å². The van der Waals surface area contributed by atoms with Gasteiger partial charge in [0.1, 0.15) is 0 Å². The number of aryl methyl sites for hydroxylation is 2. The van der Waals surface area contributed by atoms with Crippen molar-refractivity contribution in [3.05, 3.63) is 69.3 Å². The molecule has 1 saturated heterocycles. The Morgan fingerprint density at radius 1 is 1.17 bits per heavy atom. The third-order valence-electron chi connectivity index (χ3n) is 4.88. The first-order chi connectivity index (χ1) is 13.8. The molecule has 0 unspecified atom stereocenters. The Hall–Kier alpha value is -3.55. The zero-order valence-corrected chi connectivity index (χ0v) is 16.1. The first kappa shape index (κ1) is 20.2. The zero-order chi connectivity index (χ0) is 21.1. The average Bonchev–Trinajstić information content (AvgIpc) is 3.08. The molecule has 0 aliphatic carbocycles. The van der Waals surface area contributed by atoms with Crippen molar-refractivity contribution in [3.8, 4) is 0 Å². The second-order valence-electron chi connectivity index (χ2n) is 7.03.